The van der Waals surface area contributed by atoms with Crippen molar-refractivity contribution in [2.45, 2.75) is 51.1 Å². The maximum absolute atomic E-state index is 14.6. The highest BCUT2D eigenvalue weighted by Gasteiger charge is 2.43. The molecule has 1 aliphatic rings. The van der Waals surface area contributed by atoms with E-state index in [0.29, 0.717) is 10.0 Å². The van der Waals surface area contributed by atoms with Crippen LogP contribution in [0.25, 0.3) is 0 Å². The third-order valence-electron chi connectivity index (χ3n) is 4.96. The summed E-state index contributed by atoms with van der Waals surface area (Å²) in [6.45, 7) is 6.47. The molecule has 1 unspecified atom stereocenters. The molecule has 1 heterocycles. The topological polar surface area (TPSA) is 41.3 Å². The van der Waals surface area contributed by atoms with E-state index in [1.807, 2.05) is 12.1 Å². The van der Waals surface area contributed by atoms with Crippen LogP contribution >= 0.6 is 15.9 Å². The SMILES string of the molecule is CCC(CC)(C(NN)c1cccc(Br)c1F)N1CCCC1. The van der Waals surface area contributed by atoms with Gasteiger partial charge in [0, 0.05) is 11.1 Å². The molecule has 1 aliphatic heterocycles. The van der Waals surface area contributed by atoms with Crippen LogP contribution in [0.15, 0.2) is 22.7 Å². The summed E-state index contributed by atoms with van der Waals surface area (Å²) >= 11 is 3.28. The first-order valence-electron chi connectivity index (χ1n) is 7.75. The molecule has 3 nitrogen and oxygen atoms in total. The number of halogens is 2. The van der Waals surface area contributed by atoms with Crippen LogP contribution in [0.5, 0.6) is 0 Å². The van der Waals surface area contributed by atoms with Crippen molar-refractivity contribution in [2.24, 2.45) is 5.84 Å². The number of nitrogens with two attached hydrogens (primary N) is 1. The van der Waals surface area contributed by atoms with E-state index < -0.39 is 0 Å². The first-order chi connectivity index (χ1) is 10.1. The van der Waals surface area contributed by atoms with Gasteiger partial charge in [0.2, 0.25) is 0 Å². The average Bonchev–Trinajstić information content (AvgIpc) is 3.03. The second-order valence-corrected chi connectivity index (χ2v) is 6.60. The van der Waals surface area contributed by atoms with Crippen LogP contribution in [0.4, 0.5) is 4.39 Å². The maximum Gasteiger partial charge on any atom is 0.142 e. The Morgan fingerprint density at radius 1 is 1.33 bits per heavy atom. The van der Waals surface area contributed by atoms with E-state index in [0.717, 1.165) is 25.9 Å². The molecule has 0 amide bonds. The van der Waals surface area contributed by atoms with Crippen LogP contribution in [0.2, 0.25) is 0 Å². The third kappa shape index (κ3) is 3.02. The van der Waals surface area contributed by atoms with Crippen molar-refractivity contribution in [1.29, 1.82) is 0 Å². The number of likely N-dealkylation sites (tertiary alicyclic amines) is 1. The summed E-state index contributed by atoms with van der Waals surface area (Å²) in [5, 5.41) is 0. The molecule has 1 aromatic carbocycles. The zero-order valence-corrected chi connectivity index (χ0v) is 14.4. The Hall–Kier alpha value is -0.490. The molecule has 118 valence electrons. The molecule has 2 rings (SSSR count). The van der Waals surface area contributed by atoms with Crippen molar-refractivity contribution in [3.63, 3.8) is 0 Å². The fourth-order valence-corrected chi connectivity index (χ4v) is 4.11. The molecule has 0 aromatic heterocycles. The Morgan fingerprint density at radius 2 is 1.95 bits per heavy atom. The molecular weight excluding hydrogens is 333 g/mol. The second kappa shape index (κ2) is 7.18. The lowest BCUT2D eigenvalue weighted by molar-refractivity contribution is 0.0602. The van der Waals surface area contributed by atoms with Crippen LogP contribution in [0.3, 0.4) is 0 Å². The minimum Gasteiger partial charge on any atom is -0.296 e. The molecule has 0 radical (unpaired) electrons. The fraction of sp³-hybridized carbons (Fsp3) is 0.625. The highest BCUT2D eigenvalue weighted by Crippen LogP contribution is 2.40. The van der Waals surface area contributed by atoms with Gasteiger partial charge in [0.05, 0.1) is 10.5 Å². The van der Waals surface area contributed by atoms with Crippen molar-refractivity contribution in [1.82, 2.24) is 10.3 Å². The standard InChI is InChI=1S/C16H25BrFN3/c1-3-16(4-2,21-10-5-6-11-21)15(20-19)12-8-7-9-13(17)14(12)18/h7-9,15,20H,3-6,10-11,19H2,1-2H3. The van der Waals surface area contributed by atoms with E-state index in [1.165, 1.54) is 12.8 Å². The molecule has 1 fully saturated rings. The van der Waals surface area contributed by atoms with Crippen LogP contribution in [0.1, 0.15) is 51.1 Å². The Labute approximate surface area is 135 Å². The monoisotopic (exact) mass is 357 g/mol. The number of hydrogen-bond acceptors (Lipinski definition) is 3. The average molecular weight is 358 g/mol. The predicted molar refractivity (Wildman–Crippen MR) is 88.3 cm³/mol. The molecule has 3 N–H and O–H groups in total. The van der Waals surface area contributed by atoms with Gasteiger partial charge in [0.25, 0.3) is 0 Å². The lowest BCUT2D eigenvalue weighted by atomic mass is 9.79. The van der Waals surface area contributed by atoms with Gasteiger partial charge in [-0.05, 0) is 60.8 Å². The van der Waals surface area contributed by atoms with Gasteiger partial charge in [-0.3, -0.25) is 16.2 Å². The summed E-state index contributed by atoms with van der Waals surface area (Å²) < 4.78 is 15.1. The van der Waals surface area contributed by atoms with Gasteiger partial charge in [-0.2, -0.15) is 0 Å². The van der Waals surface area contributed by atoms with Crippen molar-refractivity contribution < 1.29 is 4.39 Å². The Bertz CT molecular complexity index is 471. The van der Waals surface area contributed by atoms with Gasteiger partial charge >= 0.3 is 0 Å². The van der Waals surface area contributed by atoms with Crippen LogP contribution in [-0.4, -0.2) is 23.5 Å². The van der Waals surface area contributed by atoms with Crippen LogP contribution in [-0.2, 0) is 0 Å². The van der Waals surface area contributed by atoms with Crippen molar-refractivity contribution >= 4 is 15.9 Å². The van der Waals surface area contributed by atoms with Crippen LogP contribution in [0, 0.1) is 5.82 Å². The first-order valence-corrected chi connectivity index (χ1v) is 8.55. The molecule has 0 spiro atoms. The van der Waals surface area contributed by atoms with Crippen molar-refractivity contribution in [3.8, 4) is 0 Å². The fourth-order valence-electron chi connectivity index (χ4n) is 3.73. The lowest BCUT2D eigenvalue weighted by Gasteiger charge is -2.46. The largest absolute Gasteiger partial charge is 0.296 e. The zero-order valence-electron chi connectivity index (χ0n) is 12.8. The minimum absolute atomic E-state index is 0.146. The predicted octanol–water partition coefficient (Wildman–Crippen LogP) is 3.75. The van der Waals surface area contributed by atoms with E-state index >= 15 is 0 Å². The van der Waals surface area contributed by atoms with Crippen molar-refractivity contribution in [2.75, 3.05) is 13.1 Å². The summed E-state index contributed by atoms with van der Waals surface area (Å²) in [4.78, 5) is 2.48. The number of rotatable bonds is 6. The second-order valence-electron chi connectivity index (χ2n) is 5.75. The van der Waals surface area contributed by atoms with Gasteiger partial charge < -0.3 is 0 Å². The van der Waals surface area contributed by atoms with Gasteiger partial charge in [-0.1, -0.05) is 26.0 Å². The number of hydrazine groups is 1. The van der Waals surface area contributed by atoms with Gasteiger partial charge in [0.1, 0.15) is 5.82 Å². The molecule has 0 saturated carbocycles. The van der Waals surface area contributed by atoms with Crippen molar-refractivity contribution in [3.05, 3.63) is 34.1 Å². The number of benzene rings is 1. The zero-order chi connectivity index (χ0) is 15.5. The highest BCUT2D eigenvalue weighted by molar-refractivity contribution is 9.10. The van der Waals surface area contributed by atoms with Gasteiger partial charge in [-0.25, -0.2) is 4.39 Å². The molecule has 0 bridgehead atoms. The smallest absolute Gasteiger partial charge is 0.142 e. The molecule has 1 aromatic rings. The number of nitrogens with zero attached hydrogens (tertiary/aromatic N) is 1. The molecule has 5 heteroatoms. The van der Waals surface area contributed by atoms with E-state index in [9.17, 15) is 4.39 Å². The summed E-state index contributed by atoms with van der Waals surface area (Å²) in [5.74, 6) is 5.65. The lowest BCUT2D eigenvalue weighted by Crippen LogP contribution is -2.56. The third-order valence-corrected chi connectivity index (χ3v) is 5.57. The molecule has 21 heavy (non-hydrogen) atoms. The van der Waals surface area contributed by atoms with Crippen LogP contribution < -0.4 is 11.3 Å². The normalized spacial score (nSPS) is 18.1. The molecule has 1 atom stereocenters. The van der Waals surface area contributed by atoms with E-state index in [1.54, 1.807) is 6.07 Å². The Kier molecular flexibility index (Phi) is 5.77. The number of hydrogen-bond donors (Lipinski definition) is 2. The van der Waals surface area contributed by atoms with E-state index in [-0.39, 0.29) is 17.4 Å². The summed E-state index contributed by atoms with van der Waals surface area (Å²) in [6, 6.07) is 5.21. The van der Waals surface area contributed by atoms with E-state index in [2.05, 4.69) is 40.1 Å². The molecule has 1 saturated heterocycles. The maximum atomic E-state index is 14.6. The minimum atomic E-state index is -0.219. The van der Waals surface area contributed by atoms with Gasteiger partial charge in [-0.15, -0.1) is 0 Å². The molecule has 0 aliphatic carbocycles. The molecular formula is C16H25BrFN3. The highest BCUT2D eigenvalue weighted by atomic mass is 79.9. The summed E-state index contributed by atoms with van der Waals surface area (Å²) in [7, 11) is 0. The number of nitrogens with one attached hydrogen (secondary N) is 1. The summed E-state index contributed by atoms with van der Waals surface area (Å²) in [5.41, 5.74) is 3.40. The first kappa shape index (κ1) is 16.9. The van der Waals surface area contributed by atoms with Gasteiger partial charge in [0.15, 0.2) is 0 Å². The summed E-state index contributed by atoms with van der Waals surface area (Å²) in [6.07, 6.45) is 4.29. The quantitative estimate of drug-likeness (QED) is 0.601. The Morgan fingerprint density at radius 3 is 2.48 bits per heavy atom. The Balaban J connectivity index is 2.46. The van der Waals surface area contributed by atoms with E-state index in [4.69, 9.17) is 5.84 Å².